The van der Waals surface area contributed by atoms with Crippen molar-refractivity contribution in [1.29, 1.82) is 0 Å². The highest BCUT2D eigenvalue weighted by atomic mass is 32.1. The summed E-state index contributed by atoms with van der Waals surface area (Å²) in [5, 5.41) is 5.39. The average Bonchev–Trinajstić information content (AvgIpc) is 3.43. The molecule has 37 heavy (non-hydrogen) atoms. The van der Waals surface area contributed by atoms with E-state index < -0.39 is 23.8 Å². The van der Waals surface area contributed by atoms with Gasteiger partial charge in [-0.2, -0.15) is 0 Å². The van der Waals surface area contributed by atoms with Gasteiger partial charge in [-0.1, -0.05) is 31.5 Å². The fourth-order valence-electron chi connectivity index (χ4n) is 5.27. The Kier molecular flexibility index (Phi) is 8.48. The second-order valence-electron chi connectivity index (χ2n) is 9.01. The Bertz CT molecular complexity index is 1230. The minimum atomic E-state index is -0.997. The molecular weight excluding hydrogens is 490 g/mol. The van der Waals surface area contributed by atoms with E-state index in [9.17, 15) is 14.4 Å². The summed E-state index contributed by atoms with van der Waals surface area (Å²) in [6, 6.07) is 11.2. The summed E-state index contributed by atoms with van der Waals surface area (Å²) in [7, 11) is 1.57. The first-order valence-electron chi connectivity index (χ1n) is 12.7. The van der Waals surface area contributed by atoms with E-state index in [1.165, 1.54) is 11.3 Å². The van der Waals surface area contributed by atoms with E-state index in [0.29, 0.717) is 29.7 Å². The van der Waals surface area contributed by atoms with Gasteiger partial charge in [0.1, 0.15) is 11.7 Å². The predicted molar refractivity (Wildman–Crippen MR) is 141 cm³/mol. The van der Waals surface area contributed by atoms with E-state index in [4.69, 9.17) is 14.2 Å². The van der Waals surface area contributed by atoms with Crippen LogP contribution in [-0.4, -0.2) is 38.0 Å². The molecule has 0 amide bonds. The summed E-state index contributed by atoms with van der Waals surface area (Å²) in [4.78, 5) is 41.9. The first kappa shape index (κ1) is 26.7. The van der Waals surface area contributed by atoms with E-state index in [-0.39, 0.29) is 24.9 Å². The lowest BCUT2D eigenvalue weighted by molar-refractivity contribution is -0.152. The van der Waals surface area contributed by atoms with Crippen molar-refractivity contribution in [3.05, 3.63) is 74.8 Å². The van der Waals surface area contributed by atoms with E-state index >= 15 is 0 Å². The average molecular weight is 524 g/mol. The molecule has 2 heterocycles. The van der Waals surface area contributed by atoms with Crippen molar-refractivity contribution in [3.8, 4) is 5.75 Å². The highest BCUT2D eigenvalue weighted by molar-refractivity contribution is 7.10. The fourth-order valence-corrected chi connectivity index (χ4v) is 6.14. The minimum Gasteiger partial charge on any atom is -0.497 e. The van der Waals surface area contributed by atoms with Crippen LogP contribution in [0.3, 0.4) is 0 Å². The fraction of sp³-hybridized carbons (Fsp3) is 0.414. The first-order chi connectivity index (χ1) is 17.9. The van der Waals surface area contributed by atoms with Gasteiger partial charge in [0.15, 0.2) is 5.78 Å². The number of rotatable bonds is 9. The van der Waals surface area contributed by atoms with Gasteiger partial charge in [-0.05, 0) is 55.8 Å². The van der Waals surface area contributed by atoms with Crippen LogP contribution in [0, 0.1) is 5.92 Å². The molecule has 0 radical (unpaired) electrons. The molecule has 1 N–H and O–H groups in total. The summed E-state index contributed by atoms with van der Waals surface area (Å²) in [5.41, 5.74) is 3.05. The van der Waals surface area contributed by atoms with Crippen LogP contribution in [0.5, 0.6) is 5.75 Å². The number of ether oxygens (including phenoxy) is 3. The number of carbonyl (C=O) groups is 3. The Balaban J connectivity index is 1.93. The maximum Gasteiger partial charge on any atom is 0.336 e. The monoisotopic (exact) mass is 523 g/mol. The number of Topliss-reactive ketones (excluding diaryl/α,β-unsaturated/α-hetero) is 1. The van der Waals surface area contributed by atoms with Gasteiger partial charge in [0.2, 0.25) is 0 Å². The third-order valence-electron chi connectivity index (χ3n) is 6.78. The van der Waals surface area contributed by atoms with E-state index in [1.54, 1.807) is 21.0 Å². The second kappa shape index (κ2) is 11.8. The lowest BCUT2D eigenvalue weighted by Crippen LogP contribution is -2.43. The molecule has 2 aromatic rings. The molecule has 0 fully saturated rings. The third-order valence-corrected chi connectivity index (χ3v) is 7.78. The quantitative estimate of drug-likeness (QED) is 0.355. The van der Waals surface area contributed by atoms with Crippen molar-refractivity contribution >= 4 is 29.1 Å². The molecule has 1 aliphatic heterocycles. The Morgan fingerprint density at radius 2 is 1.86 bits per heavy atom. The maximum absolute atomic E-state index is 14.3. The zero-order chi connectivity index (χ0) is 26.5. The molecular formula is C29H33NO6S. The van der Waals surface area contributed by atoms with Crippen LogP contribution in [0.15, 0.2) is 64.3 Å². The number of hydrogen-bond donors (Lipinski definition) is 1. The van der Waals surface area contributed by atoms with E-state index in [0.717, 1.165) is 28.3 Å². The van der Waals surface area contributed by atoms with Gasteiger partial charge in [0, 0.05) is 33.7 Å². The Morgan fingerprint density at radius 3 is 2.51 bits per heavy atom. The SMILES string of the molecule is CCCC1=C(C(=O)OCC)[C@@H](c2cccc(OC)c2)C2=C(C[C@@H](c3cccs3)[C@@H](C(=O)OCC)C2=O)N1. The summed E-state index contributed by atoms with van der Waals surface area (Å²) >= 11 is 1.52. The summed E-state index contributed by atoms with van der Waals surface area (Å²) < 4.78 is 16.3. The van der Waals surface area contributed by atoms with Crippen LogP contribution < -0.4 is 10.1 Å². The normalized spacial score (nSPS) is 21.3. The summed E-state index contributed by atoms with van der Waals surface area (Å²) in [6.45, 7) is 5.92. The molecule has 0 unspecified atom stereocenters. The Hall–Kier alpha value is -3.39. The maximum atomic E-state index is 14.3. The molecule has 0 bridgehead atoms. The topological polar surface area (TPSA) is 90.9 Å². The number of allylic oxidation sites excluding steroid dienone is 3. The second-order valence-corrected chi connectivity index (χ2v) is 9.99. The molecule has 196 valence electrons. The molecule has 1 aliphatic carbocycles. The number of carbonyl (C=O) groups excluding carboxylic acids is 3. The summed E-state index contributed by atoms with van der Waals surface area (Å²) in [6.07, 6.45) is 1.87. The number of benzene rings is 1. The molecule has 8 heteroatoms. The minimum absolute atomic E-state index is 0.178. The van der Waals surface area contributed by atoms with Crippen molar-refractivity contribution in [3.63, 3.8) is 0 Å². The van der Waals surface area contributed by atoms with Crippen molar-refractivity contribution in [2.24, 2.45) is 5.92 Å². The van der Waals surface area contributed by atoms with Crippen molar-refractivity contribution in [1.82, 2.24) is 5.32 Å². The molecule has 3 atom stereocenters. The zero-order valence-corrected chi connectivity index (χ0v) is 22.5. The zero-order valence-electron chi connectivity index (χ0n) is 21.7. The highest BCUT2D eigenvalue weighted by Gasteiger charge is 2.49. The van der Waals surface area contributed by atoms with Gasteiger partial charge in [0.25, 0.3) is 0 Å². The van der Waals surface area contributed by atoms with Crippen LogP contribution >= 0.6 is 11.3 Å². The molecule has 0 spiro atoms. The van der Waals surface area contributed by atoms with E-state index in [1.807, 2.05) is 48.7 Å². The summed E-state index contributed by atoms with van der Waals surface area (Å²) in [5.74, 6) is -2.77. The number of methoxy groups -OCH3 is 1. The third kappa shape index (κ3) is 5.21. The van der Waals surface area contributed by atoms with Gasteiger partial charge in [-0.15, -0.1) is 11.3 Å². The highest BCUT2D eigenvalue weighted by Crippen LogP contribution is 2.49. The number of ketones is 1. The number of dihydropyridines is 1. The molecule has 0 saturated carbocycles. The number of thiophene rings is 1. The van der Waals surface area contributed by atoms with Crippen LogP contribution in [0.25, 0.3) is 0 Å². The van der Waals surface area contributed by atoms with Crippen molar-refractivity contribution in [2.45, 2.75) is 51.9 Å². The van der Waals surface area contributed by atoms with Crippen molar-refractivity contribution < 1.29 is 28.6 Å². The van der Waals surface area contributed by atoms with E-state index in [2.05, 4.69) is 5.32 Å². The standard InChI is InChI=1S/C29H33NO6S/c1-5-10-20-26(29(33)36-7-3)23(17-11-8-12-18(15-17)34-4)25-21(30-20)16-19(22-13-9-14-37-22)24(27(25)31)28(32)35-6-2/h8-9,11-15,19,23-24,30H,5-7,10,16H2,1-4H3/t19-,23-,24+/m0/s1. The van der Waals surface area contributed by atoms with Gasteiger partial charge >= 0.3 is 11.9 Å². The smallest absolute Gasteiger partial charge is 0.336 e. The van der Waals surface area contributed by atoms with Gasteiger partial charge in [0.05, 0.1) is 25.9 Å². The lowest BCUT2D eigenvalue weighted by Gasteiger charge is -2.39. The van der Waals surface area contributed by atoms with Gasteiger partial charge < -0.3 is 19.5 Å². The van der Waals surface area contributed by atoms with Crippen LogP contribution in [0.4, 0.5) is 0 Å². The largest absolute Gasteiger partial charge is 0.497 e. The number of hydrogen-bond acceptors (Lipinski definition) is 8. The number of nitrogens with one attached hydrogen (secondary N) is 1. The first-order valence-corrected chi connectivity index (χ1v) is 13.6. The van der Waals surface area contributed by atoms with Crippen molar-refractivity contribution in [2.75, 3.05) is 20.3 Å². The predicted octanol–water partition coefficient (Wildman–Crippen LogP) is 5.25. The van der Waals surface area contributed by atoms with Gasteiger partial charge in [-0.25, -0.2) is 4.79 Å². The Morgan fingerprint density at radius 1 is 1.08 bits per heavy atom. The van der Waals surface area contributed by atoms with Crippen LogP contribution in [0.2, 0.25) is 0 Å². The number of esters is 2. The molecule has 1 aromatic carbocycles. The Labute approximate surface area is 221 Å². The lowest BCUT2D eigenvalue weighted by atomic mass is 9.68. The van der Waals surface area contributed by atoms with Crippen LogP contribution in [-0.2, 0) is 23.9 Å². The molecule has 4 rings (SSSR count). The van der Waals surface area contributed by atoms with Gasteiger partial charge in [-0.3, -0.25) is 9.59 Å². The van der Waals surface area contributed by atoms with Crippen LogP contribution in [0.1, 0.15) is 62.3 Å². The molecule has 2 aliphatic rings. The molecule has 7 nitrogen and oxygen atoms in total. The molecule has 0 saturated heterocycles. The molecule has 1 aromatic heterocycles.